The number of carbonyl (C=O) groups is 1. The van der Waals surface area contributed by atoms with Crippen LogP contribution in [0.2, 0.25) is 0 Å². The Morgan fingerprint density at radius 2 is 2.23 bits per heavy atom. The average molecular weight is 373 g/mol. The zero-order valence-electron chi connectivity index (χ0n) is 6.85. The second kappa shape index (κ2) is 4.75. The number of ketones is 1. The molecule has 1 aromatic carbocycles. The second-order valence-corrected chi connectivity index (χ2v) is 5.15. The molecule has 0 fully saturated rings. The van der Waals surface area contributed by atoms with Crippen molar-refractivity contribution in [1.82, 2.24) is 0 Å². The minimum Gasteiger partial charge on any atom is -0.298 e. The monoisotopic (exact) mass is 372 g/mol. The van der Waals surface area contributed by atoms with Crippen LogP contribution in [0.4, 0.5) is 0 Å². The number of hydrogen-bond donors (Lipinski definition) is 0. The van der Waals surface area contributed by atoms with Gasteiger partial charge in [0.05, 0.1) is 0 Å². The first-order valence-corrected chi connectivity index (χ1v) is 5.92. The molecule has 70 valence electrons. The highest BCUT2D eigenvalue weighted by Crippen LogP contribution is 2.28. The first-order chi connectivity index (χ1) is 6.02. The highest BCUT2D eigenvalue weighted by Gasteiger charge is 2.15. The molecule has 0 radical (unpaired) electrons. The summed E-state index contributed by atoms with van der Waals surface area (Å²) >= 11 is 11.4. The molecule has 1 atom stereocenters. The molecule has 1 aromatic rings. The van der Waals surface area contributed by atoms with Gasteiger partial charge in [-0.05, 0) is 47.2 Å². The van der Waals surface area contributed by atoms with Gasteiger partial charge in [0.15, 0.2) is 5.78 Å². The summed E-state index contributed by atoms with van der Waals surface area (Å²) in [7, 11) is 0. The summed E-state index contributed by atoms with van der Waals surface area (Å²) in [6.45, 7) is 1.50. The summed E-state index contributed by atoms with van der Waals surface area (Å²) in [6, 6.07) is 5.69. The van der Waals surface area contributed by atoms with Crippen molar-refractivity contribution in [2.24, 2.45) is 0 Å². The van der Waals surface area contributed by atoms with Crippen LogP contribution in [0.25, 0.3) is 0 Å². The molecule has 0 aliphatic heterocycles. The van der Waals surface area contributed by atoms with Crippen LogP contribution in [0.15, 0.2) is 22.7 Å². The SMILES string of the molecule is CC(=O)C(Cl)c1ccc(Br)cc1I. The van der Waals surface area contributed by atoms with Crippen LogP contribution < -0.4 is 0 Å². The predicted octanol–water partition coefficient (Wildman–Crippen LogP) is 3.92. The molecular weight excluding hydrogens is 366 g/mol. The summed E-state index contributed by atoms with van der Waals surface area (Å²) < 4.78 is 2.00. The van der Waals surface area contributed by atoms with Crippen molar-refractivity contribution in [2.75, 3.05) is 0 Å². The molecule has 0 aliphatic carbocycles. The topological polar surface area (TPSA) is 17.1 Å². The van der Waals surface area contributed by atoms with Crippen molar-refractivity contribution in [2.45, 2.75) is 12.3 Å². The van der Waals surface area contributed by atoms with Gasteiger partial charge in [-0.15, -0.1) is 11.6 Å². The molecule has 1 nitrogen and oxygen atoms in total. The highest BCUT2D eigenvalue weighted by molar-refractivity contribution is 14.1. The zero-order chi connectivity index (χ0) is 10.0. The molecule has 0 aromatic heterocycles. The van der Waals surface area contributed by atoms with Crippen molar-refractivity contribution < 1.29 is 4.79 Å². The van der Waals surface area contributed by atoms with Crippen molar-refractivity contribution in [3.8, 4) is 0 Å². The molecule has 0 bridgehead atoms. The quantitative estimate of drug-likeness (QED) is 0.567. The normalized spacial score (nSPS) is 12.6. The molecule has 13 heavy (non-hydrogen) atoms. The summed E-state index contributed by atoms with van der Waals surface area (Å²) in [6.07, 6.45) is 0. The number of hydrogen-bond acceptors (Lipinski definition) is 1. The van der Waals surface area contributed by atoms with Crippen LogP contribution in [0.3, 0.4) is 0 Å². The van der Waals surface area contributed by atoms with Gasteiger partial charge in [-0.2, -0.15) is 0 Å². The van der Waals surface area contributed by atoms with Gasteiger partial charge in [0.1, 0.15) is 5.38 Å². The highest BCUT2D eigenvalue weighted by atomic mass is 127. The van der Waals surface area contributed by atoms with E-state index in [-0.39, 0.29) is 5.78 Å². The molecule has 1 unspecified atom stereocenters. The second-order valence-electron chi connectivity index (χ2n) is 2.64. The molecule has 0 N–H and O–H groups in total. The Morgan fingerprint density at radius 3 is 2.69 bits per heavy atom. The summed E-state index contributed by atoms with van der Waals surface area (Å²) in [5, 5.41) is -0.528. The van der Waals surface area contributed by atoms with E-state index in [1.54, 1.807) is 0 Å². The minimum atomic E-state index is -0.528. The maximum atomic E-state index is 11.0. The lowest BCUT2D eigenvalue weighted by Gasteiger charge is -2.08. The van der Waals surface area contributed by atoms with E-state index in [9.17, 15) is 4.79 Å². The third kappa shape index (κ3) is 2.92. The lowest BCUT2D eigenvalue weighted by molar-refractivity contribution is -0.116. The van der Waals surface area contributed by atoms with Gasteiger partial charge in [-0.1, -0.05) is 22.0 Å². The Bertz CT molecular complexity index is 340. The van der Waals surface area contributed by atoms with Crippen molar-refractivity contribution in [3.63, 3.8) is 0 Å². The number of rotatable bonds is 2. The third-order valence-corrected chi connectivity index (χ3v) is 3.56. The lowest BCUT2D eigenvalue weighted by atomic mass is 10.1. The van der Waals surface area contributed by atoms with Crippen LogP contribution in [0.5, 0.6) is 0 Å². The van der Waals surface area contributed by atoms with Crippen molar-refractivity contribution >= 4 is 55.9 Å². The summed E-state index contributed by atoms with van der Waals surface area (Å²) in [5.74, 6) is -0.0260. The molecular formula is C9H7BrClIO. The van der Waals surface area contributed by atoms with Gasteiger partial charge < -0.3 is 0 Å². The van der Waals surface area contributed by atoms with E-state index in [1.165, 1.54) is 6.92 Å². The van der Waals surface area contributed by atoms with Crippen molar-refractivity contribution in [3.05, 3.63) is 31.8 Å². The molecule has 0 saturated heterocycles. The Balaban J connectivity index is 3.08. The number of carbonyl (C=O) groups excluding carboxylic acids is 1. The molecule has 0 heterocycles. The van der Waals surface area contributed by atoms with Gasteiger partial charge in [0.2, 0.25) is 0 Å². The fraction of sp³-hybridized carbons (Fsp3) is 0.222. The van der Waals surface area contributed by atoms with Crippen LogP contribution in [0, 0.1) is 3.57 Å². The van der Waals surface area contributed by atoms with E-state index < -0.39 is 5.38 Å². The van der Waals surface area contributed by atoms with E-state index in [2.05, 4.69) is 38.5 Å². The third-order valence-electron chi connectivity index (χ3n) is 1.59. The number of Topliss-reactive ketones (excluding diaryl/α,β-unsaturated/α-hetero) is 1. The molecule has 1 rings (SSSR count). The van der Waals surface area contributed by atoms with Gasteiger partial charge >= 0.3 is 0 Å². The van der Waals surface area contributed by atoms with Crippen LogP contribution in [-0.2, 0) is 4.79 Å². The molecule has 0 amide bonds. The Hall–Kier alpha value is 0.390. The standard InChI is InChI=1S/C9H7BrClIO/c1-5(13)9(11)7-3-2-6(10)4-8(7)12/h2-4,9H,1H3. The largest absolute Gasteiger partial charge is 0.298 e. The first-order valence-electron chi connectivity index (χ1n) is 3.62. The van der Waals surface area contributed by atoms with Crippen LogP contribution in [-0.4, -0.2) is 5.78 Å². The van der Waals surface area contributed by atoms with Gasteiger partial charge in [0.25, 0.3) is 0 Å². The fourth-order valence-electron chi connectivity index (χ4n) is 0.926. The zero-order valence-corrected chi connectivity index (χ0v) is 11.4. The predicted molar refractivity (Wildman–Crippen MR) is 66.1 cm³/mol. The van der Waals surface area contributed by atoms with Gasteiger partial charge in [-0.3, -0.25) is 4.79 Å². The Labute approximate surface area is 104 Å². The van der Waals surface area contributed by atoms with Crippen molar-refractivity contribution in [1.29, 1.82) is 0 Å². The molecule has 0 aliphatic rings. The summed E-state index contributed by atoms with van der Waals surface area (Å²) in [5.41, 5.74) is 0.873. The maximum Gasteiger partial charge on any atom is 0.152 e. The number of benzene rings is 1. The Morgan fingerprint density at radius 1 is 1.62 bits per heavy atom. The molecule has 0 spiro atoms. The van der Waals surface area contributed by atoms with E-state index in [0.717, 1.165) is 13.6 Å². The average Bonchev–Trinajstić information content (AvgIpc) is 2.03. The smallest absolute Gasteiger partial charge is 0.152 e. The Kier molecular flexibility index (Phi) is 4.19. The van der Waals surface area contributed by atoms with Gasteiger partial charge in [-0.25, -0.2) is 0 Å². The van der Waals surface area contributed by atoms with Crippen LogP contribution >= 0.6 is 50.1 Å². The number of halogens is 3. The van der Waals surface area contributed by atoms with Crippen LogP contribution in [0.1, 0.15) is 17.9 Å². The molecule has 4 heteroatoms. The van der Waals surface area contributed by atoms with Gasteiger partial charge in [0, 0.05) is 8.04 Å². The lowest BCUT2D eigenvalue weighted by Crippen LogP contribution is -2.03. The maximum absolute atomic E-state index is 11.0. The fourth-order valence-corrected chi connectivity index (χ4v) is 2.92. The summed E-state index contributed by atoms with van der Waals surface area (Å²) in [4.78, 5) is 11.0. The number of alkyl halides is 1. The van der Waals surface area contributed by atoms with E-state index in [1.807, 2.05) is 18.2 Å². The van der Waals surface area contributed by atoms with E-state index in [4.69, 9.17) is 11.6 Å². The minimum absolute atomic E-state index is 0.0260. The van der Waals surface area contributed by atoms with E-state index >= 15 is 0 Å². The molecule has 0 saturated carbocycles. The van der Waals surface area contributed by atoms with E-state index in [0.29, 0.717) is 0 Å². The first kappa shape index (κ1) is 11.5.